The molecule has 0 saturated carbocycles. The summed E-state index contributed by atoms with van der Waals surface area (Å²) in [6.45, 7) is 3.80. The molecule has 0 aromatic rings. The largest absolute Gasteiger partial charge is 0.483 e. The van der Waals surface area contributed by atoms with E-state index in [0.717, 1.165) is 5.57 Å². The molecule has 1 atom stereocenters. The van der Waals surface area contributed by atoms with E-state index in [-0.39, 0.29) is 6.10 Å². The van der Waals surface area contributed by atoms with Crippen molar-refractivity contribution in [3.63, 3.8) is 0 Å². The van der Waals surface area contributed by atoms with Crippen LogP contribution in [0.4, 0.5) is 0 Å². The number of ether oxygens (including phenoxy) is 2. The third kappa shape index (κ3) is 2.27. The summed E-state index contributed by atoms with van der Waals surface area (Å²) >= 11 is 0. The van der Waals surface area contributed by atoms with E-state index >= 15 is 0 Å². The summed E-state index contributed by atoms with van der Waals surface area (Å²) in [6.07, 6.45) is 0.0277. The first-order valence-corrected chi connectivity index (χ1v) is 3.16. The van der Waals surface area contributed by atoms with E-state index in [1.165, 1.54) is 0 Å². The molecule has 60 valence electrons. The molecule has 3 heteroatoms. The molecular weight excluding hydrogens is 130 g/mol. The molecule has 3 nitrogen and oxygen atoms in total. The first-order chi connectivity index (χ1) is 4.63. The van der Waals surface area contributed by atoms with Crippen LogP contribution in [0.25, 0.3) is 0 Å². The average Bonchev–Trinajstić information content (AvgIpc) is 2.00. The first-order valence-electron chi connectivity index (χ1n) is 3.16. The Morgan fingerprint density at radius 1 is 1.40 bits per heavy atom. The molecular formula is C7H15NO2. The Morgan fingerprint density at radius 3 is 2.20 bits per heavy atom. The minimum absolute atomic E-state index is 0.0277. The lowest BCUT2D eigenvalue weighted by Gasteiger charge is -2.11. The molecule has 2 N–H and O–H groups in total. The van der Waals surface area contributed by atoms with Crippen LogP contribution in [0.3, 0.4) is 0 Å². The third-order valence-corrected chi connectivity index (χ3v) is 1.57. The molecule has 0 aliphatic carbocycles. The number of methoxy groups -OCH3 is 2. The van der Waals surface area contributed by atoms with Crippen molar-refractivity contribution in [1.29, 1.82) is 0 Å². The van der Waals surface area contributed by atoms with E-state index in [1.54, 1.807) is 14.2 Å². The van der Waals surface area contributed by atoms with Gasteiger partial charge in [0.1, 0.15) is 0 Å². The van der Waals surface area contributed by atoms with Gasteiger partial charge in [-0.2, -0.15) is 0 Å². The van der Waals surface area contributed by atoms with Crippen LogP contribution < -0.4 is 5.73 Å². The van der Waals surface area contributed by atoms with E-state index in [1.807, 2.05) is 13.8 Å². The Morgan fingerprint density at radius 2 is 1.90 bits per heavy atom. The predicted octanol–water partition coefficient (Wildman–Crippen LogP) is 0.858. The average molecular weight is 145 g/mol. The lowest BCUT2D eigenvalue weighted by Crippen LogP contribution is -2.13. The van der Waals surface area contributed by atoms with Crippen LogP contribution in [0.2, 0.25) is 0 Å². The predicted molar refractivity (Wildman–Crippen MR) is 40.4 cm³/mol. The minimum atomic E-state index is 0.0277. The summed E-state index contributed by atoms with van der Waals surface area (Å²) in [6, 6.07) is 0. The number of rotatable bonds is 3. The first kappa shape index (κ1) is 9.30. The highest BCUT2D eigenvalue weighted by molar-refractivity contribution is 5.06. The highest BCUT2D eigenvalue weighted by Crippen LogP contribution is 2.06. The van der Waals surface area contributed by atoms with Gasteiger partial charge in [-0.15, -0.1) is 0 Å². The van der Waals surface area contributed by atoms with Gasteiger partial charge in [-0.1, -0.05) is 0 Å². The smallest absolute Gasteiger partial charge is 0.185 e. The van der Waals surface area contributed by atoms with Gasteiger partial charge in [-0.3, -0.25) is 0 Å². The molecule has 0 amide bonds. The second-order valence-corrected chi connectivity index (χ2v) is 2.13. The van der Waals surface area contributed by atoms with Crippen molar-refractivity contribution in [2.24, 2.45) is 5.73 Å². The molecule has 0 aromatic heterocycles. The molecule has 0 heterocycles. The molecule has 0 radical (unpaired) electrons. The van der Waals surface area contributed by atoms with Crippen LogP contribution in [-0.2, 0) is 9.47 Å². The normalized spacial score (nSPS) is 16.0. The molecule has 0 saturated heterocycles. The summed E-state index contributed by atoms with van der Waals surface area (Å²) in [5.74, 6) is 0.439. The maximum atomic E-state index is 5.47. The molecule has 0 aliphatic rings. The number of nitrogens with two attached hydrogens (primary N) is 1. The standard InChI is InChI=1S/C7H15NO2/c1-5(6(2)9-3)7(8)10-4/h6H,8H2,1-4H3/b7-5+. The van der Waals surface area contributed by atoms with E-state index in [2.05, 4.69) is 0 Å². The molecule has 0 fully saturated rings. The van der Waals surface area contributed by atoms with Gasteiger partial charge >= 0.3 is 0 Å². The minimum Gasteiger partial charge on any atom is -0.483 e. The van der Waals surface area contributed by atoms with Gasteiger partial charge in [0.25, 0.3) is 0 Å². The van der Waals surface area contributed by atoms with Gasteiger partial charge in [0, 0.05) is 12.7 Å². The zero-order valence-electron chi connectivity index (χ0n) is 6.97. The topological polar surface area (TPSA) is 44.5 Å². The van der Waals surface area contributed by atoms with Crippen LogP contribution in [0.1, 0.15) is 13.8 Å². The van der Waals surface area contributed by atoms with Crippen molar-refractivity contribution in [3.8, 4) is 0 Å². The Balaban J connectivity index is 4.15. The van der Waals surface area contributed by atoms with Crippen molar-refractivity contribution < 1.29 is 9.47 Å². The summed E-state index contributed by atoms with van der Waals surface area (Å²) < 4.78 is 9.83. The zero-order chi connectivity index (χ0) is 8.15. The molecule has 10 heavy (non-hydrogen) atoms. The summed E-state index contributed by atoms with van der Waals surface area (Å²) in [5, 5.41) is 0. The fraction of sp³-hybridized carbons (Fsp3) is 0.714. The van der Waals surface area contributed by atoms with E-state index in [0.29, 0.717) is 5.88 Å². The van der Waals surface area contributed by atoms with Gasteiger partial charge in [-0.25, -0.2) is 0 Å². The fourth-order valence-electron chi connectivity index (χ4n) is 0.538. The van der Waals surface area contributed by atoms with E-state index in [4.69, 9.17) is 15.2 Å². The summed E-state index contributed by atoms with van der Waals surface area (Å²) in [5.41, 5.74) is 6.39. The highest BCUT2D eigenvalue weighted by atomic mass is 16.5. The maximum absolute atomic E-state index is 5.47. The lowest BCUT2D eigenvalue weighted by molar-refractivity contribution is 0.139. The monoisotopic (exact) mass is 145 g/mol. The molecule has 0 spiro atoms. The Labute approximate surface area is 61.8 Å². The maximum Gasteiger partial charge on any atom is 0.185 e. The van der Waals surface area contributed by atoms with E-state index in [9.17, 15) is 0 Å². The van der Waals surface area contributed by atoms with Crippen molar-refractivity contribution in [1.82, 2.24) is 0 Å². The van der Waals surface area contributed by atoms with Crippen molar-refractivity contribution in [2.75, 3.05) is 14.2 Å². The highest BCUT2D eigenvalue weighted by Gasteiger charge is 2.05. The number of hydrogen-bond acceptors (Lipinski definition) is 3. The summed E-state index contributed by atoms with van der Waals surface area (Å²) in [4.78, 5) is 0. The molecule has 0 rings (SSSR count). The third-order valence-electron chi connectivity index (χ3n) is 1.57. The van der Waals surface area contributed by atoms with Crippen LogP contribution >= 0.6 is 0 Å². The Hall–Kier alpha value is -0.700. The summed E-state index contributed by atoms with van der Waals surface area (Å²) in [7, 11) is 3.18. The van der Waals surface area contributed by atoms with Crippen LogP contribution in [0.5, 0.6) is 0 Å². The molecule has 1 unspecified atom stereocenters. The van der Waals surface area contributed by atoms with Gasteiger partial charge in [0.2, 0.25) is 0 Å². The number of hydrogen-bond donors (Lipinski definition) is 1. The fourth-order valence-corrected chi connectivity index (χ4v) is 0.538. The zero-order valence-corrected chi connectivity index (χ0v) is 6.97. The molecule has 0 aliphatic heterocycles. The van der Waals surface area contributed by atoms with Gasteiger partial charge in [-0.05, 0) is 13.8 Å². The SMILES string of the molecule is CO/C(N)=C(\C)C(C)OC. The van der Waals surface area contributed by atoms with Crippen molar-refractivity contribution >= 4 is 0 Å². The Bertz CT molecular complexity index is 132. The second kappa shape index (κ2) is 4.17. The molecule has 0 bridgehead atoms. The van der Waals surface area contributed by atoms with Crippen molar-refractivity contribution in [3.05, 3.63) is 11.5 Å². The van der Waals surface area contributed by atoms with Gasteiger partial charge in [0.15, 0.2) is 5.88 Å². The van der Waals surface area contributed by atoms with E-state index < -0.39 is 0 Å². The van der Waals surface area contributed by atoms with Gasteiger partial charge < -0.3 is 15.2 Å². The second-order valence-electron chi connectivity index (χ2n) is 2.13. The quantitative estimate of drug-likeness (QED) is 0.599. The van der Waals surface area contributed by atoms with Crippen molar-refractivity contribution in [2.45, 2.75) is 20.0 Å². The molecule has 0 aromatic carbocycles. The van der Waals surface area contributed by atoms with Crippen LogP contribution in [-0.4, -0.2) is 20.3 Å². The lowest BCUT2D eigenvalue weighted by atomic mass is 10.2. The van der Waals surface area contributed by atoms with Crippen LogP contribution in [0.15, 0.2) is 11.5 Å². The van der Waals surface area contributed by atoms with Crippen LogP contribution in [0, 0.1) is 0 Å². The van der Waals surface area contributed by atoms with Gasteiger partial charge in [0.05, 0.1) is 13.2 Å². The Kier molecular flexibility index (Phi) is 3.88.